The molecular formula is C16H14O4. The van der Waals surface area contributed by atoms with Crippen molar-refractivity contribution >= 4 is 5.78 Å². The number of phenolic OH excluding ortho intramolecular Hbond substituents is 2. The molecule has 0 radical (unpaired) electrons. The largest absolute Gasteiger partial charge is 0.508 e. The van der Waals surface area contributed by atoms with E-state index in [1.807, 2.05) is 0 Å². The van der Waals surface area contributed by atoms with Gasteiger partial charge in [0.15, 0.2) is 5.78 Å². The zero-order valence-corrected chi connectivity index (χ0v) is 11.0. The molecule has 0 saturated heterocycles. The smallest absolute Gasteiger partial charge is 0.177 e. The summed E-state index contributed by atoms with van der Waals surface area (Å²) in [5.74, 6) is 0.292. The first-order valence-corrected chi connectivity index (χ1v) is 6.36. The van der Waals surface area contributed by atoms with Crippen molar-refractivity contribution in [3.05, 3.63) is 53.1 Å². The Balaban J connectivity index is 2.03. The van der Waals surface area contributed by atoms with Gasteiger partial charge in [0.05, 0.1) is 11.5 Å². The maximum atomic E-state index is 12.6. The first kappa shape index (κ1) is 12.5. The van der Waals surface area contributed by atoms with Crippen molar-refractivity contribution in [2.45, 2.75) is 12.8 Å². The first-order valence-electron chi connectivity index (χ1n) is 6.36. The Morgan fingerprint density at radius 3 is 2.50 bits per heavy atom. The highest BCUT2D eigenvalue weighted by atomic mass is 16.5. The molecule has 0 saturated carbocycles. The van der Waals surface area contributed by atoms with Crippen LogP contribution >= 0.6 is 0 Å². The molecule has 4 heteroatoms. The number of aromatic hydroxyl groups is 2. The van der Waals surface area contributed by atoms with E-state index in [1.54, 1.807) is 37.3 Å². The SMILES string of the molecule is Cc1cc(O)cc2c1C(=O)C(c1ccc(O)cc1)CO2. The van der Waals surface area contributed by atoms with Crippen LogP contribution in [0, 0.1) is 6.92 Å². The number of ketones is 1. The molecule has 4 nitrogen and oxygen atoms in total. The van der Waals surface area contributed by atoms with Crippen LogP contribution in [0.25, 0.3) is 0 Å². The topological polar surface area (TPSA) is 66.8 Å². The number of carbonyl (C=O) groups excluding carboxylic acids is 1. The van der Waals surface area contributed by atoms with Crippen LogP contribution in [0.15, 0.2) is 36.4 Å². The second-order valence-corrected chi connectivity index (χ2v) is 4.96. The fraction of sp³-hybridized carbons (Fsp3) is 0.188. The third kappa shape index (κ3) is 1.99. The molecule has 0 amide bonds. The molecule has 0 bridgehead atoms. The van der Waals surface area contributed by atoms with Gasteiger partial charge in [-0.2, -0.15) is 0 Å². The number of fused-ring (bicyclic) bond motifs is 1. The van der Waals surface area contributed by atoms with Crippen molar-refractivity contribution < 1.29 is 19.7 Å². The molecule has 1 aliphatic rings. The lowest BCUT2D eigenvalue weighted by Crippen LogP contribution is -2.26. The number of benzene rings is 2. The molecule has 0 aromatic heterocycles. The summed E-state index contributed by atoms with van der Waals surface area (Å²) in [7, 11) is 0. The zero-order valence-electron chi connectivity index (χ0n) is 11.0. The van der Waals surface area contributed by atoms with E-state index in [0.29, 0.717) is 16.9 Å². The number of hydrogen-bond donors (Lipinski definition) is 2. The minimum Gasteiger partial charge on any atom is -0.508 e. The minimum atomic E-state index is -0.383. The van der Waals surface area contributed by atoms with Gasteiger partial charge in [0.25, 0.3) is 0 Å². The molecule has 1 heterocycles. The van der Waals surface area contributed by atoms with Gasteiger partial charge in [0, 0.05) is 6.07 Å². The van der Waals surface area contributed by atoms with E-state index in [2.05, 4.69) is 0 Å². The fourth-order valence-corrected chi connectivity index (χ4v) is 2.54. The molecule has 1 aliphatic heterocycles. The molecule has 0 spiro atoms. The van der Waals surface area contributed by atoms with E-state index in [1.165, 1.54) is 6.07 Å². The van der Waals surface area contributed by atoms with Crippen molar-refractivity contribution in [3.8, 4) is 17.2 Å². The van der Waals surface area contributed by atoms with Gasteiger partial charge in [-0.15, -0.1) is 0 Å². The first-order chi connectivity index (χ1) is 9.56. The van der Waals surface area contributed by atoms with Gasteiger partial charge in [-0.3, -0.25) is 4.79 Å². The van der Waals surface area contributed by atoms with E-state index >= 15 is 0 Å². The molecule has 2 aromatic rings. The van der Waals surface area contributed by atoms with Crippen LogP contribution in [-0.4, -0.2) is 22.6 Å². The number of hydrogen-bond acceptors (Lipinski definition) is 4. The van der Waals surface area contributed by atoms with Gasteiger partial charge in [-0.05, 0) is 36.2 Å². The average molecular weight is 270 g/mol. The number of rotatable bonds is 1. The maximum Gasteiger partial charge on any atom is 0.177 e. The molecule has 2 aromatic carbocycles. The predicted octanol–water partition coefficient (Wildman–Crippen LogP) is 2.77. The standard InChI is InChI=1S/C16H14O4/c1-9-6-12(18)7-14-15(9)16(19)13(8-20-14)10-2-4-11(17)5-3-10/h2-7,13,17-18H,8H2,1H3. The molecule has 0 aliphatic carbocycles. The van der Waals surface area contributed by atoms with Crippen LogP contribution in [0.1, 0.15) is 27.4 Å². The molecule has 1 atom stereocenters. The van der Waals surface area contributed by atoms with Gasteiger partial charge in [0.1, 0.15) is 23.9 Å². The van der Waals surface area contributed by atoms with Gasteiger partial charge in [-0.25, -0.2) is 0 Å². The van der Waals surface area contributed by atoms with Crippen molar-refractivity contribution in [3.63, 3.8) is 0 Å². The van der Waals surface area contributed by atoms with Gasteiger partial charge >= 0.3 is 0 Å². The normalized spacial score (nSPS) is 17.4. The molecular weight excluding hydrogens is 256 g/mol. The Labute approximate surface area is 116 Å². The Hall–Kier alpha value is -2.49. The van der Waals surface area contributed by atoms with Crippen LogP contribution < -0.4 is 4.74 Å². The highest BCUT2D eigenvalue weighted by Gasteiger charge is 2.31. The van der Waals surface area contributed by atoms with E-state index in [-0.39, 0.29) is 29.8 Å². The number of carbonyl (C=O) groups is 1. The fourth-order valence-electron chi connectivity index (χ4n) is 2.54. The van der Waals surface area contributed by atoms with Crippen LogP contribution in [0.2, 0.25) is 0 Å². The van der Waals surface area contributed by atoms with Crippen LogP contribution in [-0.2, 0) is 0 Å². The summed E-state index contributed by atoms with van der Waals surface area (Å²) in [6, 6.07) is 9.58. The highest BCUT2D eigenvalue weighted by molar-refractivity contribution is 6.05. The lowest BCUT2D eigenvalue weighted by molar-refractivity contribution is 0.0895. The van der Waals surface area contributed by atoms with E-state index in [0.717, 1.165) is 5.56 Å². The van der Waals surface area contributed by atoms with Crippen molar-refractivity contribution in [1.29, 1.82) is 0 Å². The second kappa shape index (κ2) is 4.56. The third-order valence-electron chi connectivity index (χ3n) is 3.55. The number of phenols is 2. The lowest BCUT2D eigenvalue weighted by atomic mass is 9.87. The number of ether oxygens (including phenoxy) is 1. The molecule has 1 unspecified atom stereocenters. The molecule has 2 N–H and O–H groups in total. The summed E-state index contributed by atoms with van der Waals surface area (Å²) >= 11 is 0. The van der Waals surface area contributed by atoms with Crippen molar-refractivity contribution in [2.24, 2.45) is 0 Å². The third-order valence-corrected chi connectivity index (χ3v) is 3.55. The van der Waals surface area contributed by atoms with E-state index in [4.69, 9.17) is 4.74 Å². The second-order valence-electron chi connectivity index (χ2n) is 4.96. The predicted molar refractivity (Wildman–Crippen MR) is 73.5 cm³/mol. The Morgan fingerprint density at radius 2 is 1.80 bits per heavy atom. The number of aryl methyl sites for hydroxylation is 1. The summed E-state index contributed by atoms with van der Waals surface area (Å²) in [5.41, 5.74) is 2.03. The van der Waals surface area contributed by atoms with Crippen LogP contribution in [0.5, 0.6) is 17.2 Å². The maximum absolute atomic E-state index is 12.6. The zero-order chi connectivity index (χ0) is 14.3. The van der Waals surface area contributed by atoms with Gasteiger partial charge in [-0.1, -0.05) is 12.1 Å². The van der Waals surface area contributed by atoms with E-state index in [9.17, 15) is 15.0 Å². The van der Waals surface area contributed by atoms with Gasteiger partial charge < -0.3 is 14.9 Å². The molecule has 0 fully saturated rings. The number of Topliss-reactive ketones (excluding diaryl/α,β-unsaturated/α-hetero) is 1. The lowest BCUT2D eigenvalue weighted by Gasteiger charge is -2.25. The van der Waals surface area contributed by atoms with Gasteiger partial charge in [0.2, 0.25) is 0 Å². The Morgan fingerprint density at radius 1 is 1.10 bits per heavy atom. The van der Waals surface area contributed by atoms with Crippen molar-refractivity contribution in [2.75, 3.05) is 6.61 Å². The molecule has 102 valence electrons. The van der Waals surface area contributed by atoms with Crippen molar-refractivity contribution in [1.82, 2.24) is 0 Å². The average Bonchev–Trinajstić information content (AvgIpc) is 2.39. The van der Waals surface area contributed by atoms with Crippen LogP contribution in [0.3, 0.4) is 0 Å². The minimum absolute atomic E-state index is 0.0190. The monoisotopic (exact) mass is 270 g/mol. The summed E-state index contributed by atoms with van der Waals surface area (Å²) in [6.07, 6.45) is 0. The summed E-state index contributed by atoms with van der Waals surface area (Å²) < 4.78 is 5.61. The summed E-state index contributed by atoms with van der Waals surface area (Å²) in [4.78, 5) is 12.6. The summed E-state index contributed by atoms with van der Waals surface area (Å²) in [5, 5.41) is 18.9. The summed E-state index contributed by atoms with van der Waals surface area (Å²) in [6.45, 7) is 2.01. The molecule has 3 rings (SSSR count). The highest BCUT2D eigenvalue weighted by Crippen LogP contribution is 2.37. The molecule has 20 heavy (non-hydrogen) atoms. The Bertz CT molecular complexity index is 674. The Kier molecular flexibility index (Phi) is 2.86. The van der Waals surface area contributed by atoms with Crippen LogP contribution in [0.4, 0.5) is 0 Å². The van der Waals surface area contributed by atoms with E-state index < -0.39 is 0 Å². The quantitative estimate of drug-likeness (QED) is 0.836.